The SMILES string of the molecule is CCCCOC(=O)C1CCCN(C(=O)c2ccccc2)C1. The highest BCUT2D eigenvalue weighted by molar-refractivity contribution is 5.94. The Morgan fingerprint density at radius 2 is 2.05 bits per heavy atom. The normalized spacial score (nSPS) is 18.3. The Kier molecular flexibility index (Phi) is 5.78. The zero-order valence-corrected chi connectivity index (χ0v) is 12.6. The smallest absolute Gasteiger partial charge is 0.310 e. The molecule has 0 radical (unpaired) electrons. The first kappa shape index (κ1) is 15.5. The summed E-state index contributed by atoms with van der Waals surface area (Å²) in [6.45, 7) is 3.73. The predicted molar refractivity (Wildman–Crippen MR) is 80.9 cm³/mol. The van der Waals surface area contributed by atoms with E-state index in [4.69, 9.17) is 4.74 Å². The fourth-order valence-electron chi connectivity index (χ4n) is 2.55. The summed E-state index contributed by atoms with van der Waals surface area (Å²) in [4.78, 5) is 26.2. The number of amides is 1. The number of piperidine rings is 1. The maximum atomic E-state index is 12.4. The van der Waals surface area contributed by atoms with E-state index in [1.165, 1.54) is 0 Å². The molecule has 2 rings (SSSR count). The quantitative estimate of drug-likeness (QED) is 0.618. The van der Waals surface area contributed by atoms with Gasteiger partial charge in [-0.05, 0) is 31.4 Å². The van der Waals surface area contributed by atoms with Crippen molar-refractivity contribution >= 4 is 11.9 Å². The van der Waals surface area contributed by atoms with Gasteiger partial charge in [0.2, 0.25) is 0 Å². The van der Waals surface area contributed by atoms with E-state index in [9.17, 15) is 9.59 Å². The van der Waals surface area contributed by atoms with E-state index < -0.39 is 0 Å². The molecule has 0 aromatic heterocycles. The number of hydrogen-bond donors (Lipinski definition) is 0. The summed E-state index contributed by atoms with van der Waals surface area (Å²) in [6.07, 6.45) is 3.57. The maximum Gasteiger partial charge on any atom is 0.310 e. The first-order valence-electron chi connectivity index (χ1n) is 7.73. The van der Waals surface area contributed by atoms with Crippen LogP contribution in [-0.4, -0.2) is 36.5 Å². The summed E-state index contributed by atoms with van der Waals surface area (Å²) in [5.41, 5.74) is 0.678. The van der Waals surface area contributed by atoms with Crippen LogP contribution in [0.2, 0.25) is 0 Å². The molecular formula is C17H23NO3. The molecular weight excluding hydrogens is 266 g/mol. The van der Waals surface area contributed by atoms with Gasteiger partial charge in [0.05, 0.1) is 12.5 Å². The lowest BCUT2D eigenvalue weighted by molar-refractivity contribution is -0.150. The molecule has 1 saturated heterocycles. The molecule has 1 amide bonds. The second-order valence-electron chi connectivity index (χ2n) is 5.48. The van der Waals surface area contributed by atoms with Gasteiger partial charge < -0.3 is 9.64 Å². The van der Waals surface area contributed by atoms with Gasteiger partial charge in [-0.3, -0.25) is 9.59 Å². The van der Waals surface area contributed by atoms with Crippen LogP contribution in [0, 0.1) is 5.92 Å². The number of unbranched alkanes of at least 4 members (excludes halogenated alkanes) is 1. The molecule has 1 aliphatic rings. The molecule has 21 heavy (non-hydrogen) atoms. The number of carbonyl (C=O) groups excluding carboxylic acids is 2. The molecule has 114 valence electrons. The van der Waals surface area contributed by atoms with Gasteiger partial charge in [-0.1, -0.05) is 31.5 Å². The number of carbonyl (C=O) groups is 2. The third-order valence-corrected chi connectivity index (χ3v) is 3.80. The Labute approximate surface area is 126 Å². The van der Waals surface area contributed by atoms with E-state index in [2.05, 4.69) is 6.92 Å². The number of ether oxygens (including phenoxy) is 1. The number of likely N-dealkylation sites (tertiary alicyclic amines) is 1. The zero-order chi connectivity index (χ0) is 15.1. The molecule has 0 aliphatic carbocycles. The lowest BCUT2D eigenvalue weighted by atomic mass is 9.97. The Hall–Kier alpha value is -1.84. The Morgan fingerprint density at radius 1 is 1.29 bits per heavy atom. The molecule has 1 unspecified atom stereocenters. The molecule has 1 fully saturated rings. The van der Waals surface area contributed by atoms with Crippen molar-refractivity contribution in [1.82, 2.24) is 4.90 Å². The third-order valence-electron chi connectivity index (χ3n) is 3.80. The minimum atomic E-state index is -0.178. The minimum absolute atomic E-state index is 0.00154. The van der Waals surface area contributed by atoms with Gasteiger partial charge >= 0.3 is 5.97 Å². The zero-order valence-electron chi connectivity index (χ0n) is 12.6. The summed E-state index contributed by atoms with van der Waals surface area (Å²) < 4.78 is 5.28. The molecule has 4 nitrogen and oxygen atoms in total. The van der Waals surface area contributed by atoms with Crippen LogP contribution in [0.1, 0.15) is 43.0 Å². The van der Waals surface area contributed by atoms with Crippen LogP contribution in [-0.2, 0) is 9.53 Å². The largest absolute Gasteiger partial charge is 0.465 e. The topological polar surface area (TPSA) is 46.6 Å². The summed E-state index contributed by atoms with van der Waals surface area (Å²) >= 11 is 0. The van der Waals surface area contributed by atoms with Crippen LogP contribution in [0.5, 0.6) is 0 Å². The van der Waals surface area contributed by atoms with E-state index in [1.54, 1.807) is 4.90 Å². The molecule has 0 bridgehead atoms. The molecule has 1 heterocycles. The number of nitrogens with zero attached hydrogens (tertiary/aromatic N) is 1. The highest BCUT2D eigenvalue weighted by Crippen LogP contribution is 2.20. The molecule has 1 aromatic carbocycles. The van der Waals surface area contributed by atoms with E-state index >= 15 is 0 Å². The van der Waals surface area contributed by atoms with Crippen molar-refractivity contribution in [2.75, 3.05) is 19.7 Å². The maximum absolute atomic E-state index is 12.4. The highest BCUT2D eigenvalue weighted by atomic mass is 16.5. The Balaban J connectivity index is 1.91. The van der Waals surface area contributed by atoms with E-state index in [1.807, 2.05) is 30.3 Å². The van der Waals surface area contributed by atoms with Crippen molar-refractivity contribution < 1.29 is 14.3 Å². The van der Waals surface area contributed by atoms with Gasteiger partial charge in [-0.25, -0.2) is 0 Å². The van der Waals surface area contributed by atoms with Gasteiger partial charge in [0.1, 0.15) is 0 Å². The molecule has 1 aliphatic heterocycles. The first-order valence-corrected chi connectivity index (χ1v) is 7.73. The summed E-state index contributed by atoms with van der Waals surface area (Å²) in [6, 6.07) is 9.22. The molecule has 0 spiro atoms. The van der Waals surface area contributed by atoms with Gasteiger partial charge in [-0.15, -0.1) is 0 Å². The molecule has 1 atom stereocenters. The van der Waals surface area contributed by atoms with E-state index in [-0.39, 0.29) is 17.8 Å². The number of benzene rings is 1. The van der Waals surface area contributed by atoms with Crippen LogP contribution in [0.15, 0.2) is 30.3 Å². The fourth-order valence-corrected chi connectivity index (χ4v) is 2.55. The lowest BCUT2D eigenvalue weighted by Gasteiger charge is -2.31. The van der Waals surface area contributed by atoms with Crippen LogP contribution in [0.4, 0.5) is 0 Å². The summed E-state index contributed by atoms with van der Waals surface area (Å²) in [7, 11) is 0. The lowest BCUT2D eigenvalue weighted by Crippen LogP contribution is -2.42. The van der Waals surface area contributed by atoms with Crippen LogP contribution >= 0.6 is 0 Å². The van der Waals surface area contributed by atoms with Gasteiger partial charge in [-0.2, -0.15) is 0 Å². The Bertz CT molecular complexity index is 472. The van der Waals surface area contributed by atoms with Crippen molar-refractivity contribution in [3.63, 3.8) is 0 Å². The van der Waals surface area contributed by atoms with Gasteiger partial charge in [0.15, 0.2) is 0 Å². The molecule has 4 heteroatoms. The van der Waals surface area contributed by atoms with Crippen LogP contribution in [0.3, 0.4) is 0 Å². The average molecular weight is 289 g/mol. The molecule has 1 aromatic rings. The van der Waals surface area contributed by atoms with Crippen molar-refractivity contribution in [2.24, 2.45) is 5.92 Å². The standard InChI is InChI=1S/C17H23NO3/c1-2-3-12-21-17(20)15-10-7-11-18(13-15)16(19)14-8-5-4-6-9-14/h4-6,8-9,15H,2-3,7,10-13H2,1H3. The van der Waals surface area contributed by atoms with E-state index in [0.29, 0.717) is 25.3 Å². The Morgan fingerprint density at radius 3 is 2.76 bits per heavy atom. The third kappa shape index (κ3) is 4.31. The predicted octanol–water partition coefficient (Wildman–Crippen LogP) is 2.88. The number of rotatable bonds is 5. The highest BCUT2D eigenvalue weighted by Gasteiger charge is 2.29. The van der Waals surface area contributed by atoms with Crippen LogP contribution < -0.4 is 0 Å². The van der Waals surface area contributed by atoms with Crippen molar-refractivity contribution in [2.45, 2.75) is 32.6 Å². The van der Waals surface area contributed by atoms with Crippen molar-refractivity contribution in [3.8, 4) is 0 Å². The fraction of sp³-hybridized carbons (Fsp3) is 0.529. The monoisotopic (exact) mass is 289 g/mol. The minimum Gasteiger partial charge on any atom is -0.465 e. The van der Waals surface area contributed by atoms with Gasteiger partial charge in [0.25, 0.3) is 5.91 Å². The van der Waals surface area contributed by atoms with E-state index in [0.717, 1.165) is 25.7 Å². The molecule has 0 N–H and O–H groups in total. The second kappa shape index (κ2) is 7.81. The molecule has 0 saturated carbocycles. The summed E-state index contributed by atoms with van der Waals surface area (Å²) in [5, 5.41) is 0. The van der Waals surface area contributed by atoms with Gasteiger partial charge in [0, 0.05) is 18.7 Å². The number of esters is 1. The first-order chi connectivity index (χ1) is 10.2. The van der Waals surface area contributed by atoms with Crippen LogP contribution in [0.25, 0.3) is 0 Å². The average Bonchev–Trinajstić information content (AvgIpc) is 2.55. The second-order valence-corrected chi connectivity index (χ2v) is 5.48. The summed E-state index contributed by atoms with van der Waals surface area (Å²) in [5.74, 6) is -0.334. The number of hydrogen-bond acceptors (Lipinski definition) is 3. The van der Waals surface area contributed by atoms with Crippen molar-refractivity contribution in [3.05, 3.63) is 35.9 Å². The van der Waals surface area contributed by atoms with Crippen molar-refractivity contribution in [1.29, 1.82) is 0 Å².